The first-order valence-electron chi connectivity index (χ1n) is 9.11. The largest absolute Gasteiger partial charge is 0.490 e. The number of rotatable bonds is 8. The molecular weight excluding hydrogens is 354 g/mol. The van der Waals surface area contributed by atoms with Gasteiger partial charge in [-0.25, -0.2) is 4.98 Å². The van der Waals surface area contributed by atoms with Gasteiger partial charge in [-0.3, -0.25) is 10.1 Å². The van der Waals surface area contributed by atoms with Crippen molar-refractivity contribution < 1.29 is 4.74 Å². The highest BCUT2D eigenvalue weighted by atomic mass is 16.5. The van der Waals surface area contributed by atoms with E-state index in [4.69, 9.17) is 4.74 Å². The summed E-state index contributed by atoms with van der Waals surface area (Å²) >= 11 is 0. The summed E-state index contributed by atoms with van der Waals surface area (Å²) in [5.74, 6) is 2.55. The minimum absolute atomic E-state index is 0.426. The SMILES string of the molecule is CCc1cc(Nc2cc(C)[nH]n2)nc(NCCOc2ccc(C)nc2)c1C#N. The highest BCUT2D eigenvalue weighted by Gasteiger charge is 2.12. The molecule has 0 spiro atoms. The third kappa shape index (κ3) is 4.76. The standard InChI is InChI=1S/C20H23N7O/c1-4-15-10-18(24-19-9-14(3)26-27-19)25-20(17(15)11-21)22-7-8-28-16-6-5-13(2)23-12-16/h5-6,9-10,12H,4,7-8H2,1-3H3,(H3,22,24,25,26,27). The molecule has 0 bridgehead atoms. The number of anilines is 3. The Morgan fingerprint density at radius 1 is 1.21 bits per heavy atom. The minimum Gasteiger partial charge on any atom is -0.490 e. The monoisotopic (exact) mass is 377 g/mol. The van der Waals surface area contributed by atoms with Crippen LogP contribution < -0.4 is 15.4 Å². The van der Waals surface area contributed by atoms with Crippen LogP contribution in [-0.4, -0.2) is 33.3 Å². The summed E-state index contributed by atoms with van der Waals surface area (Å²) in [4.78, 5) is 8.75. The molecule has 0 saturated heterocycles. The van der Waals surface area contributed by atoms with Crippen molar-refractivity contribution in [2.75, 3.05) is 23.8 Å². The van der Waals surface area contributed by atoms with Crippen molar-refractivity contribution in [2.24, 2.45) is 0 Å². The topological polar surface area (TPSA) is 112 Å². The Balaban J connectivity index is 1.69. The summed E-state index contributed by atoms with van der Waals surface area (Å²) in [5.41, 5.74) is 3.35. The molecule has 0 unspecified atom stereocenters. The quantitative estimate of drug-likeness (QED) is 0.515. The number of aromatic nitrogens is 4. The van der Waals surface area contributed by atoms with Crippen LogP contribution in [0.2, 0.25) is 0 Å². The van der Waals surface area contributed by atoms with Gasteiger partial charge in [-0.05, 0) is 44.0 Å². The molecule has 8 heteroatoms. The lowest BCUT2D eigenvalue weighted by Crippen LogP contribution is -2.14. The molecule has 0 aliphatic rings. The van der Waals surface area contributed by atoms with E-state index >= 15 is 0 Å². The van der Waals surface area contributed by atoms with Crippen molar-refractivity contribution in [3.8, 4) is 11.8 Å². The molecule has 3 heterocycles. The van der Waals surface area contributed by atoms with Crippen molar-refractivity contribution in [1.82, 2.24) is 20.2 Å². The van der Waals surface area contributed by atoms with E-state index in [1.54, 1.807) is 6.20 Å². The highest BCUT2D eigenvalue weighted by Crippen LogP contribution is 2.23. The van der Waals surface area contributed by atoms with Crippen molar-refractivity contribution in [1.29, 1.82) is 5.26 Å². The van der Waals surface area contributed by atoms with E-state index in [0.717, 1.165) is 23.4 Å². The molecule has 0 atom stereocenters. The number of nitrogens with zero attached hydrogens (tertiary/aromatic N) is 4. The van der Waals surface area contributed by atoms with Crippen LogP contribution in [0, 0.1) is 25.2 Å². The Labute approximate surface area is 164 Å². The number of ether oxygens (including phenoxy) is 1. The number of aromatic amines is 1. The zero-order valence-corrected chi connectivity index (χ0v) is 16.2. The van der Waals surface area contributed by atoms with E-state index in [1.165, 1.54) is 0 Å². The maximum atomic E-state index is 9.57. The van der Waals surface area contributed by atoms with Crippen LogP contribution in [-0.2, 0) is 6.42 Å². The Bertz CT molecular complexity index is 973. The number of hydrogen-bond acceptors (Lipinski definition) is 7. The molecular formula is C20H23N7O. The zero-order chi connectivity index (χ0) is 19.9. The van der Waals surface area contributed by atoms with E-state index in [2.05, 4.69) is 36.9 Å². The van der Waals surface area contributed by atoms with E-state index in [0.29, 0.717) is 41.9 Å². The number of nitriles is 1. The summed E-state index contributed by atoms with van der Waals surface area (Å²) < 4.78 is 5.68. The van der Waals surface area contributed by atoms with Gasteiger partial charge in [0.15, 0.2) is 5.82 Å². The Kier molecular flexibility index (Phi) is 6.07. The maximum Gasteiger partial charge on any atom is 0.153 e. The van der Waals surface area contributed by atoms with Gasteiger partial charge in [-0.15, -0.1) is 0 Å². The van der Waals surface area contributed by atoms with Gasteiger partial charge in [0.1, 0.15) is 30.1 Å². The summed E-state index contributed by atoms with van der Waals surface area (Å²) in [6.07, 6.45) is 2.42. The second-order valence-corrected chi connectivity index (χ2v) is 6.33. The lowest BCUT2D eigenvalue weighted by Gasteiger charge is -2.13. The zero-order valence-electron chi connectivity index (χ0n) is 16.2. The number of aryl methyl sites for hydroxylation is 3. The average molecular weight is 377 g/mol. The highest BCUT2D eigenvalue weighted by molar-refractivity contribution is 5.64. The van der Waals surface area contributed by atoms with Crippen molar-refractivity contribution in [2.45, 2.75) is 27.2 Å². The molecule has 3 N–H and O–H groups in total. The second-order valence-electron chi connectivity index (χ2n) is 6.33. The minimum atomic E-state index is 0.426. The summed E-state index contributed by atoms with van der Waals surface area (Å²) in [7, 11) is 0. The molecule has 8 nitrogen and oxygen atoms in total. The van der Waals surface area contributed by atoms with Gasteiger partial charge in [0, 0.05) is 17.5 Å². The molecule has 0 saturated carbocycles. The third-order valence-corrected chi connectivity index (χ3v) is 4.10. The Morgan fingerprint density at radius 2 is 2.07 bits per heavy atom. The number of H-pyrrole nitrogens is 1. The van der Waals surface area contributed by atoms with Crippen molar-refractivity contribution >= 4 is 17.5 Å². The molecule has 0 aliphatic carbocycles. The van der Waals surface area contributed by atoms with Gasteiger partial charge in [0.25, 0.3) is 0 Å². The molecule has 28 heavy (non-hydrogen) atoms. The third-order valence-electron chi connectivity index (χ3n) is 4.10. The molecule has 0 amide bonds. The van der Waals surface area contributed by atoms with Crippen molar-refractivity contribution in [3.63, 3.8) is 0 Å². The van der Waals surface area contributed by atoms with Gasteiger partial charge in [-0.1, -0.05) is 6.92 Å². The molecule has 0 radical (unpaired) electrons. The van der Waals surface area contributed by atoms with Gasteiger partial charge >= 0.3 is 0 Å². The van der Waals surface area contributed by atoms with Crippen LogP contribution >= 0.6 is 0 Å². The predicted octanol–water partition coefficient (Wildman–Crippen LogP) is 3.49. The van der Waals surface area contributed by atoms with Gasteiger partial charge < -0.3 is 15.4 Å². The van der Waals surface area contributed by atoms with Gasteiger partial charge in [0.2, 0.25) is 0 Å². The van der Waals surface area contributed by atoms with Crippen LogP contribution in [0.15, 0.2) is 30.5 Å². The summed E-state index contributed by atoms with van der Waals surface area (Å²) in [6, 6.07) is 9.80. The normalized spacial score (nSPS) is 10.4. The van der Waals surface area contributed by atoms with E-state index in [9.17, 15) is 5.26 Å². The predicted molar refractivity (Wildman–Crippen MR) is 108 cm³/mol. The maximum absolute atomic E-state index is 9.57. The van der Waals surface area contributed by atoms with Crippen LogP contribution in [0.3, 0.4) is 0 Å². The lowest BCUT2D eigenvalue weighted by atomic mass is 10.1. The van der Waals surface area contributed by atoms with Crippen LogP contribution in [0.5, 0.6) is 5.75 Å². The fourth-order valence-electron chi connectivity index (χ4n) is 2.68. The van der Waals surface area contributed by atoms with Crippen LogP contribution in [0.1, 0.15) is 29.4 Å². The number of hydrogen-bond donors (Lipinski definition) is 3. The second kappa shape index (κ2) is 8.86. The van der Waals surface area contributed by atoms with Crippen LogP contribution in [0.25, 0.3) is 0 Å². The smallest absolute Gasteiger partial charge is 0.153 e. The first-order chi connectivity index (χ1) is 13.6. The van der Waals surface area contributed by atoms with E-state index < -0.39 is 0 Å². The number of pyridine rings is 2. The molecule has 0 fully saturated rings. The molecule has 3 aromatic rings. The van der Waals surface area contributed by atoms with E-state index in [-0.39, 0.29) is 0 Å². The average Bonchev–Trinajstić information content (AvgIpc) is 3.10. The number of nitrogens with one attached hydrogen (secondary N) is 3. The molecule has 0 aliphatic heterocycles. The van der Waals surface area contributed by atoms with Crippen molar-refractivity contribution in [3.05, 3.63) is 53.0 Å². The van der Waals surface area contributed by atoms with Gasteiger partial charge in [-0.2, -0.15) is 10.4 Å². The fourth-order valence-corrected chi connectivity index (χ4v) is 2.68. The molecule has 3 rings (SSSR count). The first kappa shape index (κ1) is 19.2. The summed E-state index contributed by atoms with van der Waals surface area (Å²) in [6.45, 7) is 6.80. The van der Waals surface area contributed by atoms with E-state index in [1.807, 2.05) is 45.0 Å². The molecule has 0 aromatic carbocycles. The lowest BCUT2D eigenvalue weighted by molar-refractivity contribution is 0.331. The van der Waals surface area contributed by atoms with Crippen LogP contribution in [0.4, 0.5) is 17.5 Å². The molecule has 144 valence electrons. The summed E-state index contributed by atoms with van der Waals surface area (Å²) in [5, 5.41) is 23.0. The Hall–Kier alpha value is -3.60. The fraction of sp³-hybridized carbons (Fsp3) is 0.300. The van der Waals surface area contributed by atoms with Gasteiger partial charge in [0.05, 0.1) is 18.3 Å². The first-order valence-corrected chi connectivity index (χ1v) is 9.11. The Morgan fingerprint density at radius 3 is 2.71 bits per heavy atom. The molecule has 3 aromatic heterocycles.